The van der Waals surface area contributed by atoms with Crippen LogP contribution in [-0.4, -0.2) is 45.8 Å². The summed E-state index contributed by atoms with van der Waals surface area (Å²) in [6, 6.07) is 14.6. The topological polar surface area (TPSA) is 64.4 Å². The highest BCUT2D eigenvalue weighted by Crippen LogP contribution is 2.27. The highest BCUT2D eigenvalue weighted by molar-refractivity contribution is 8.00. The van der Waals surface area contributed by atoms with Gasteiger partial charge in [-0.1, -0.05) is 23.9 Å². The zero-order valence-electron chi connectivity index (χ0n) is 16.5. The van der Waals surface area contributed by atoms with Crippen LogP contribution in [0, 0.1) is 0 Å². The van der Waals surface area contributed by atoms with E-state index in [1.807, 2.05) is 54.3 Å². The smallest absolute Gasteiger partial charge is 0.266 e. The highest BCUT2D eigenvalue weighted by Gasteiger charge is 2.26. The van der Waals surface area contributed by atoms with Crippen LogP contribution < -0.4 is 10.3 Å². The lowest BCUT2D eigenvalue weighted by atomic mass is 10.2. The summed E-state index contributed by atoms with van der Waals surface area (Å²) in [4.78, 5) is 32.7. The van der Waals surface area contributed by atoms with Gasteiger partial charge in [-0.15, -0.1) is 0 Å². The number of nitrogens with zero attached hydrogens (tertiary/aromatic N) is 3. The number of hydrogen-bond donors (Lipinski definition) is 0. The van der Waals surface area contributed by atoms with Gasteiger partial charge in [-0.3, -0.25) is 14.2 Å². The first-order valence-electron chi connectivity index (χ1n) is 9.70. The van der Waals surface area contributed by atoms with Crippen molar-refractivity contribution in [1.29, 1.82) is 0 Å². The maximum absolute atomic E-state index is 13.3. The maximum Gasteiger partial charge on any atom is 0.266 e. The monoisotopic (exact) mass is 409 g/mol. The fourth-order valence-corrected chi connectivity index (χ4v) is 4.56. The molecule has 1 atom stereocenters. The molecule has 0 unspecified atom stereocenters. The fourth-order valence-electron chi connectivity index (χ4n) is 3.55. The van der Waals surface area contributed by atoms with E-state index in [4.69, 9.17) is 9.72 Å². The molecule has 0 N–H and O–H groups in total. The average Bonchev–Trinajstić information content (AvgIpc) is 3.28. The van der Waals surface area contributed by atoms with Crippen LogP contribution in [0.4, 0.5) is 0 Å². The Kier molecular flexibility index (Phi) is 5.58. The third-order valence-electron chi connectivity index (χ3n) is 5.12. The van der Waals surface area contributed by atoms with Gasteiger partial charge < -0.3 is 9.64 Å². The number of carbonyl (C=O) groups excluding carboxylic acids is 1. The largest absolute Gasteiger partial charge is 0.497 e. The van der Waals surface area contributed by atoms with Gasteiger partial charge in [-0.2, -0.15) is 0 Å². The zero-order chi connectivity index (χ0) is 20.4. The molecule has 2 aromatic carbocycles. The predicted molar refractivity (Wildman–Crippen MR) is 115 cm³/mol. The second-order valence-electron chi connectivity index (χ2n) is 7.04. The Morgan fingerprint density at radius 1 is 1.10 bits per heavy atom. The van der Waals surface area contributed by atoms with Crippen molar-refractivity contribution in [3.8, 4) is 11.4 Å². The van der Waals surface area contributed by atoms with E-state index in [1.54, 1.807) is 17.7 Å². The zero-order valence-corrected chi connectivity index (χ0v) is 17.3. The standard InChI is InChI=1S/C22H23N3O3S/c1-15(20(26)24-13-5-6-14-24)29-22-23-19-8-4-3-7-18(19)21(27)25(22)16-9-11-17(28-2)12-10-16/h3-4,7-12,15H,5-6,13-14H2,1-2H3/t15-/m0/s1. The molecule has 0 radical (unpaired) electrons. The molecular formula is C22H23N3O3S. The number of ether oxygens (including phenoxy) is 1. The van der Waals surface area contributed by atoms with Crippen LogP contribution in [-0.2, 0) is 4.79 Å². The van der Waals surface area contributed by atoms with Gasteiger partial charge in [0.1, 0.15) is 5.75 Å². The lowest BCUT2D eigenvalue weighted by Crippen LogP contribution is -2.34. The molecule has 0 saturated carbocycles. The van der Waals surface area contributed by atoms with E-state index in [1.165, 1.54) is 11.8 Å². The molecule has 0 aliphatic carbocycles. The molecule has 4 rings (SSSR count). The molecule has 150 valence electrons. The minimum absolute atomic E-state index is 0.0937. The Hall–Kier alpha value is -2.80. The van der Waals surface area contributed by atoms with E-state index in [-0.39, 0.29) is 16.7 Å². The van der Waals surface area contributed by atoms with E-state index in [9.17, 15) is 9.59 Å². The van der Waals surface area contributed by atoms with Gasteiger partial charge in [0.05, 0.1) is 29.0 Å². The molecule has 1 aliphatic rings. The Morgan fingerprint density at radius 2 is 1.79 bits per heavy atom. The third-order valence-corrected chi connectivity index (χ3v) is 6.16. The van der Waals surface area contributed by atoms with E-state index in [0.29, 0.717) is 27.5 Å². The average molecular weight is 410 g/mol. The molecule has 1 amide bonds. The van der Waals surface area contributed by atoms with Crippen LogP contribution in [0.1, 0.15) is 19.8 Å². The number of amides is 1. The first-order valence-corrected chi connectivity index (χ1v) is 10.6. The second kappa shape index (κ2) is 8.29. The van der Waals surface area contributed by atoms with Crippen molar-refractivity contribution in [3.63, 3.8) is 0 Å². The van der Waals surface area contributed by atoms with Crippen LogP contribution in [0.25, 0.3) is 16.6 Å². The van der Waals surface area contributed by atoms with Crippen molar-refractivity contribution >= 4 is 28.6 Å². The summed E-state index contributed by atoms with van der Waals surface area (Å²) in [6.45, 7) is 3.49. The number of para-hydroxylation sites is 1. The van der Waals surface area contributed by atoms with Gasteiger partial charge in [0.25, 0.3) is 5.56 Å². The quantitative estimate of drug-likeness (QED) is 0.477. The summed E-state index contributed by atoms with van der Waals surface area (Å²) in [7, 11) is 1.60. The molecule has 2 heterocycles. The highest BCUT2D eigenvalue weighted by atomic mass is 32.2. The Labute approximate surface area is 173 Å². The number of methoxy groups -OCH3 is 1. The summed E-state index contributed by atoms with van der Waals surface area (Å²) >= 11 is 1.33. The van der Waals surface area contributed by atoms with Gasteiger partial charge in [0, 0.05) is 13.1 Å². The van der Waals surface area contributed by atoms with Crippen LogP contribution in [0.2, 0.25) is 0 Å². The number of fused-ring (bicyclic) bond motifs is 1. The molecule has 1 aromatic heterocycles. The molecule has 7 heteroatoms. The van der Waals surface area contributed by atoms with E-state index in [0.717, 1.165) is 25.9 Å². The number of rotatable bonds is 5. The SMILES string of the molecule is COc1ccc(-n2c(S[C@@H](C)C(=O)N3CCCC3)nc3ccccc3c2=O)cc1. The summed E-state index contributed by atoms with van der Waals surface area (Å²) in [5.41, 5.74) is 1.17. The molecule has 6 nitrogen and oxygen atoms in total. The van der Waals surface area contributed by atoms with Crippen molar-refractivity contribution in [2.75, 3.05) is 20.2 Å². The van der Waals surface area contributed by atoms with Crippen molar-refractivity contribution in [1.82, 2.24) is 14.5 Å². The molecule has 3 aromatic rings. The van der Waals surface area contributed by atoms with Crippen molar-refractivity contribution < 1.29 is 9.53 Å². The lowest BCUT2D eigenvalue weighted by molar-refractivity contribution is -0.129. The van der Waals surface area contributed by atoms with Crippen molar-refractivity contribution in [3.05, 3.63) is 58.9 Å². The van der Waals surface area contributed by atoms with Crippen molar-refractivity contribution in [2.24, 2.45) is 0 Å². The number of aromatic nitrogens is 2. The summed E-state index contributed by atoms with van der Waals surface area (Å²) in [5, 5.41) is 0.732. The first-order chi connectivity index (χ1) is 14.1. The molecule has 1 saturated heterocycles. The van der Waals surface area contributed by atoms with Crippen LogP contribution >= 0.6 is 11.8 Å². The van der Waals surface area contributed by atoms with E-state index < -0.39 is 0 Å². The number of thioether (sulfide) groups is 1. The predicted octanol–water partition coefficient (Wildman–Crippen LogP) is 3.50. The van der Waals surface area contributed by atoms with Gasteiger partial charge in [-0.25, -0.2) is 4.98 Å². The fraction of sp³-hybridized carbons (Fsp3) is 0.318. The molecule has 0 bridgehead atoms. The Bertz CT molecular complexity index is 1090. The second-order valence-corrected chi connectivity index (χ2v) is 8.35. The van der Waals surface area contributed by atoms with E-state index in [2.05, 4.69) is 0 Å². The van der Waals surface area contributed by atoms with E-state index >= 15 is 0 Å². The number of hydrogen-bond acceptors (Lipinski definition) is 5. The van der Waals surface area contributed by atoms with Gasteiger partial charge in [0.2, 0.25) is 5.91 Å². The minimum atomic E-state index is -0.328. The first kappa shape index (κ1) is 19.5. The van der Waals surface area contributed by atoms with Gasteiger partial charge in [0.15, 0.2) is 5.16 Å². The van der Waals surface area contributed by atoms with Crippen molar-refractivity contribution in [2.45, 2.75) is 30.2 Å². The molecule has 0 spiro atoms. The molecule has 1 aliphatic heterocycles. The normalized spacial score (nSPS) is 14.9. The van der Waals surface area contributed by atoms with Gasteiger partial charge >= 0.3 is 0 Å². The summed E-state index contributed by atoms with van der Waals surface area (Å²) < 4.78 is 6.81. The number of carbonyl (C=O) groups is 1. The lowest BCUT2D eigenvalue weighted by Gasteiger charge is -2.21. The summed E-state index contributed by atoms with van der Waals surface area (Å²) in [5.74, 6) is 0.804. The van der Waals surface area contributed by atoms with Crippen LogP contribution in [0.15, 0.2) is 58.5 Å². The Balaban J connectivity index is 1.78. The summed E-state index contributed by atoms with van der Waals surface area (Å²) in [6.07, 6.45) is 2.10. The number of likely N-dealkylation sites (tertiary alicyclic amines) is 1. The maximum atomic E-state index is 13.3. The van der Waals surface area contributed by atoms with Crippen LogP contribution in [0.3, 0.4) is 0 Å². The van der Waals surface area contributed by atoms with Gasteiger partial charge in [-0.05, 0) is 56.2 Å². The molecular weight excluding hydrogens is 386 g/mol. The number of benzene rings is 2. The minimum Gasteiger partial charge on any atom is -0.497 e. The Morgan fingerprint density at radius 3 is 2.48 bits per heavy atom. The molecule has 1 fully saturated rings. The molecule has 29 heavy (non-hydrogen) atoms. The van der Waals surface area contributed by atoms with Crippen LogP contribution in [0.5, 0.6) is 5.75 Å². The third kappa shape index (κ3) is 3.87.